The maximum atomic E-state index is 12.9. The smallest absolute Gasteiger partial charge is 0.410 e. The maximum Gasteiger partial charge on any atom is 0.410 e. The minimum Gasteiger partial charge on any atom is -0.444 e. The molecule has 0 aliphatic carbocycles. The van der Waals surface area contributed by atoms with Crippen LogP contribution < -0.4 is 10.2 Å². The Hall–Kier alpha value is -3.01. The van der Waals surface area contributed by atoms with Crippen LogP contribution in [0.3, 0.4) is 0 Å². The number of rotatable bonds is 3. The van der Waals surface area contributed by atoms with Gasteiger partial charge in [-0.3, -0.25) is 19.7 Å². The molecule has 0 radical (unpaired) electrons. The van der Waals surface area contributed by atoms with E-state index in [1.54, 1.807) is 11.0 Å². The van der Waals surface area contributed by atoms with Crippen molar-refractivity contribution in [1.29, 1.82) is 0 Å². The van der Waals surface area contributed by atoms with Crippen LogP contribution in [0, 0.1) is 5.92 Å². The van der Waals surface area contributed by atoms with Crippen LogP contribution in [0.1, 0.15) is 26.3 Å². The molecule has 0 spiro atoms. The number of piperazine rings is 1. The van der Waals surface area contributed by atoms with E-state index in [0.29, 0.717) is 44.2 Å². The van der Waals surface area contributed by atoms with Gasteiger partial charge in [-0.25, -0.2) is 4.79 Å². The van der Waals surface area contributed by atoms with Crippen molar-refractivity contribution >= 4 is 46.7 Å². The zero-order valence-electron chi connectivity index (χ0n) is 19.0. The summed E-state index contributed by atoms with van der Waals surface area (Å²) < 4.78 is 5.36. The number of nitrogens with one attached hydrogen (secondary N) is 1. The molecule has 0 unspecified atom stereocenters. The number of imide groups is 1. The summed E-state index contributed by atoms with van der Waals surface area (Å²) in [5.41, 5.74) is 1.27. The van der Waals surface area contributed by atoms with Gasteiger partial charge in [0.2, 0.25) is 5.91 Å². The van der Waals surface area contributed by atoms with Gasteiger partial charge in [0.15, 0.2) is 0 Å². The second-order valence-corrected chi connectivity index (χ2v) is 10.3. The van der Waals surface area contributed by atoms with Crippen LogP contribution in [-0.2, 0) is 14.3 Å². The van der Waals surface area contributed by atoms with E-state index in [9.17, 15) is 19.2 Å². The zero-order chi connectivity index (χ0) is 23.8. The summed E-state index contributed by atoms with van der Waals surface area (Å²) in [6.07, 6.45) is 1.36. The van der Waals surface area contributed by atoms with Crippen LogP contribution >= 0.6 is 11.8 Å². The first-order valence-corrected chi connectivity index (χ1v) is 11.8. The highest BCUT2D eigenvalue weighted by Crippen LogP contribution is 2.30. The van der Waals surface area contributed by atoms with Gasteiger partial charge in [0.25, 0.3) is 11.1 Å². The van der Waals surface area contributed by atoms with Crippen LogP contribution in [0.25, 0.3) is 6.08 Å². The summed E-state index contributed by atoms with van der Waals surface area (Å²) in [6.45, 7) is 8.73. The number of nitrogens with zero attached hydrogens (tertiary/aromatic N) is 3. The summed E-state index contributed by atoms with van der Waals surface area (Å²) in [4.78, 5) is 54.3. The normalized spacial score (nSPS) is 20.7. The van der Waals surface area contributed by atoms with E-state index in [1.807, 2.05) is 49.9 Å². The molecule has 1 aromatic carbocycles. The topological polar surface area (TPSA) is 99.3 Å². The average molecular weight is 473 g/mol. The van der Waals surface area contributed by atoms with Crippen molar-refractivity contribution in [2.75, 3.05) is 44.2 Å². The Bertz CT molecular complexity index is 1000. The van der Waals surface area contributed by atoms with Gasteiger partial charge in [-0.1, -0.05) is 18.2 Å². The van der Waals surface area contributed by atoms with Crippen molar-refractivity contribution in [3.63, 3.8) is 0 Å². The highest BCUT2D eigenvalue weighted by atomic mass is 32.2. The number of hydrogen-bond acceptors (Lipinski definition) is 7. The molecule has 176 valence electrons. The maximum absolute atomic E-state index is 12.9. The minimum absolute atomic E-state index is 0.0717. The van der Waals surface area contributed by atoms with E-state index in [2.05, 4.69) is 10.2 Å². The van der Waals surface area contributed by atoms with Gasteiger partial charge in [-0.15, -0.1) is 0 Å². The van der Waals surface area contributed by atoms with E-state index in [1.165, 1.54) is 0 Å². The molecule has 0 bridgehead atoms. The van der Waals surface area contributed by atoms with Crippen molar-refractivity contribution in [3.8, 4) is 0 Å². The van der Waals surface area contributed by atoms with Gasteiger partial charge in [0, 0.05) is 45.0 Å². The van der Waals surface area contributed by atoms with Crippen molar-refractivity contribution in [3.05, 3.63) is 34.7 Å². The molecule has 4 rings (SSSR count). The molecule has 3 aliphatic rings. The lowest BCUT2D eigenvalue weighted by Crippen LogP contribution is -2.59. The Labute approximate surface area is 197 Å². The van der Waals surface area contributed by atoms with Crippen LogP contribution in [0.2, 0.25) is 0 Å². The standard InChI is InChI=1S/C23H28N4O5S/c1-23(2,3)32-22(31)27-13-16(14-27)20(29)26-10-8-25(9-11-26)17-7-5-4-6-15(17)12-18-19(28)24-21(30)33-18/h4-7,12,16H,8-11,13-14H2,1-3H3,(H,24,28,30). The van der Waals surface area contributed by atoms with E-state index in [-0.39, 0.29) is 29.1 Å². The molecule has 3 fully saturated rings. The lowest BCUT2D eigenvalue weighted by Gasteiger charge is -2.43. The second-order valence-electron chi connectivity index (χ2n) is 9.31. The Kier molecular flexibility index (Phi) is 6.38. The second kappa shape index (κ2) is 9.09. The molecule has 33 heavy (non-hydrogen) atoms. The summed E-state index contributed by atoms with van der Waals surface area (Å²) in [6, 6.07) is 7.72. The molecule has 3 aliphatic heterocycles. The van der Waals surface area contributed by atoms with Crippen LogP contribution in [0.5, 0.6) is 0 Å². The third-order valence-electron chi connectivity index (χ3n) is 5.68. The largest absolute Gasteiger partial charge is 0.444 e. The molecule has 1 N–H and O–H groups in total. The lowest BCUT2D eigenvalue weighted by molar-refractivity contribution is -0.140. The molecule has 1 aromatic rings. The Balaban J connectivity index is 1.33. The van der Waals surface area contributed by atoms with Gasteiger partial charge in [-0.2, -0.15) is 0 Å². The van der Waals surface area contributed by atoms with E-state index in [4.69, 9.17) is 4.74 Å². The Morgan fingerprint density at radius 2 is 1.73 bits per heavy atom. The molecule has 0 atom stereocenters. The first-order valence-electron chi connectivity index (χ1n) is 11.0. The van der Waals surface area contributed by atoms with E-state index >= 15 is 0 Å². The van der Waals surface area contributed by atoms with Gasteiger partial charge in [0.05, 0.1) is 10.8 Å². The number of amides is 4. The van der Waals surface area contributed by atoms with Crippen LogP contribution in [-0.4, -0.2) is 77.8 Å². The minimum atomic E-state index is -0.551. The third kappa shape index (κ3) is 5.32. The van der Waals surface area contributed by atoms with Gasteiger partial charge in [0.1, 0.15) is 5.60 Å². The molecule has 4 amide bonds. The highest BCUT2D eigenvalue weighted by molar-refractivity contribution is 8.18. The molecule has 0 aromatic heterocycles. The van der Waals surface area contributed by atoms with Crippen LogP contribution in [0.4, 0.5) is 15.3 Å². The first-order chi connectivity index (χ1) is 15.6. The fraction of sp³-hybridized carbons (Fsp3) is 0.478. The molecule has 0 saturated carbocycles. The molecular formula is C23H28N4O5S. The SMILES string of the molecule is CC(C)(C)OC(=O)N1CC(C(=O)N2CCN(c3ccccc3C=C3SC(=O)NC3=O)CC2)C1. The average Bonchev–Trinajstić information content (AvgIpc) is 3.02. The number of hydrogen-bond donors (Lipinski definition) is 1. The lowest BCUT2D eigenvalue weighted by atomic mass is 9.98. The number of anilines is 1. The van der Waals surface area contributed by atoms with Crippen molar-refractivity contribution < 1.29 is 23.9 Å². The molecular weight excluding hydrogens is 444 g/mol. The first kappa shape index (κ1) is 23.2. The Morgan fingerprint density at radius 3 is 2.33 bits per heavy atom. The number of ether oxygens (including phenoxy) is 1. The monoisotopic (exact) mass is 472 g/mol. The summed E-state index contributed by atoms with van der Waals surface area (Å²) in [5, 5.41) is 1.91. The third-order valence-corrected chi connectivity index (χ3v) is 6.49. The van der Waals surface area contributed by atoms with E-state index < -0.39 is 5.60 Å². The number of thioether (sulfide) groups is 1. The quantitative estimate of drug-likeness (QED) is 0.675. The number of carbonyl (C=O) groups is 4. The summed E-state index contributed by atoms with van der Waals surface area (Å²) in [7, 11) is 0. The van der Waals surface area contributed by atoms with E-state index in [0.717, 1.165) is 23.0 Å². The molecule has 9 nitrogen and oxygen atoms in total. The van der Waals surface area contributed by atoms with Gasteiger partial charge >= 0.3 is 6.09 Å². The predicted octanol–water partition coefficient (Wildman–Crippen LogP) is 2.53. The molecule has 3 saturated heterocycles. The highest BCUT2D eigenvalue weighted by Gasteiger charge is 2.40. The predicted molar refractivity (Wildman–Crippen MR) is 126 cm³/mol. The number of likely N-dealkylation sites (tertiary alicyclic amines) is 1. The van der Waals surface area contributed by atoms with Crippen molar-refractivity contribution in [1.82, 2.24) is 15.1 Å². The number of benzene rings is 1. The van der Waals surface area contributed by atoms with Gasteiger partial charge < -0.3 is 19.4 Å². The van der Waals surface area contributed by atoms with Crippen molar-refractivity contribution in [2.24, 2.45) is 5.92 Å². The van der Waals surface area contributed by atoms with Crippen LogP contribution in [0.15, 0.2) is 29.2 Å². The van der Waals surface area contributed by atoms with Crippen molar-refractivity contribution in [2.45, 2.75) is 26.4 Å². The fourth-order valence-corrected chi connectivity index (χ4v) is 4.67. The summed E-state index contributed by atoms with van der Waals surface area (Å²) >= 11 is 0.898. The zero-order valence-corrected chi connectivity index (χ0v) is 19.8. The molecule has 10 heteroatoms. The number of carbonyl (C=O) groups excluding carboxylic acids is 4. The van der Waals surface area contributed by atoms with Gasteiger partial charge in [-0.05, 0) is 50.2 Å². The molecule has 3 heterocycles. The fourth-order valence-electron chi connectivity index (χ4n) is 4.00. The number of para-hydroxylation sites is 1. The Morgan fingerprint density at radius 1 is 1.06 bits per heavy atom. The summed E-state index contributed by atoms with van der Waals surface area (Å²) in [5.74, 6) is -0.491.